The summed E-state index contributed by atoms with van der Waals surface area (Å²) in [5, 5.41) is 0. The summed E-state index contributed by atoms with van der Waals surface area (Å²) in [6.07, 6.45) is 10.9. The highest BCUT2D eigenvalue weighted by Gasteiger charge is 2.19. The number of rotatable bonds is 14. The van der Waals surface area contributed by atoms with E-state index in [0.717, 1.165) is 38.5 Å². The van der Waals surface area contributed by atoms with E-state index in [-0.39, 0.29) is 0 Å². The second-order valence-corrected chi connectivity index (χ2v) is 8.62. The summed E-state index contributed by atoms with van der Waals surface area (Å²) < 4.78 is 11.9. The fourth-order valence-electron chi connectivity index (χ4n) is 2.76. The van der Waals surface area contributed by atoms with Gasteiger partial charge in [0.2, 0.25) is 0 Å². The summed E-state index contributed by atoms with van der Waals surface area (Å²) >= 11 is 6.76. The van der Waals surface area contributed by atoms with Crippen LogP contribution in [0.4, 0.5) is 0 Å². The predicted octanol–water partition coefficient (Wildman–Crippen LogP) is 7.47. The van der Waals surface area contributed by atoms with E-state index in [0.29, 0.717) is 33.3 Å². The van der Waals surface area contributed by atoms with Crippen LogP contribution in [0.25, 0.3) is 0 Å². The second-order valence-electron chi connectivity index (χ2n) is 6.91. The largest absolute Gasteiger partial charge is 0.462 e. The minimum Gasteiger partial charge on any atom is -0.462 e. The van der Waals surface area contributed by atoms with Gasteiger partial charge in [0.15, 0.2) is 0 Å². The van der Waals surface area contributed by atoms with Crippen molar-refractivity contribution >= 4 is 43.8 Å². The lowest BCUT2D eigenvalue weighted by Crippen LogP contribution is -2.12. The quantitative estimate of drug-likeness (QED) is 0.189. The lowest BCUT2D eigenvalue weighted by molar-refractivity contribution is 0.0495. The molecule has 0 aromatic heterocycles. The van der Waals surface area contributed by atoms with E-state index in [2.05, 4.69) is 45.7 Å². The van der Waals surface area contributed by atoms with Gasteiger partial charge >= 0.3 is 11.9 Å². The lowest BCUT2D eigenvalue weighted by Gasteiger charge is -2.11. The van der Waals surface area contributed by atoms with Crippen LogP contribution in [0.15, 0.2) is 21.1 Å². The van der Waals surface area contributed by atoms with E-state index < -0.39 is 11.9 Å². The molecule has 0 unspecified atom stereocenters. The number of unbranched alkanes of at least 4 members (excludes halogenated alkanes) is 8. The fraction of sp³-hybridized carbons (Fsp3) is 0.636. The van der Waals surface area contributed by atoms with Crippen LogP contribution in [0.2, 0.25) is 0 Å². The summed E-state index contributed by atoms with van der Waals surface area (Å²) in [7, 11) is 0. The minimum absolute atomic E-state index is 0.339. The van der Waals surface area contributed by atoms with Gasteiger partial charge in [-0.1, -0.05) is 65.2 Å². The monoisotopic (exact) mass is 518 g/mol. The van der Waals surface area contributed by atoms with Gasteiger partial charge in [-0.2, -0.15) is 0 Å². The van der Waals surface area contributed by atoms with E-state index >= 15 is 0 Å². The molecule has 0 fully saturated rings. The van der Waals surface area contributed by atoms with Gasteiger partial charge in [-0.05, 0) is 56.8 Å². The van der Waals surface area contributed by atoms with E-state index in [9.17, 15) is 9.59 Å². The Balaban J connectivity index is 2.57. The van der Waals surface area contributed by atoms with Gasteiger partial charge in [-0.3, -0.25) is 0 Å². The van der Waals surface area contributed by atoms with E-state index in [1.807, 2.05) is 0 Å². The SMILES string of the molecule is CCCCCCCOC(=O)c1cc(C(=O)OCCCCCCC)c(Br)cc1Br. The molecule has 4 nitrogen and oxygen atoms in total. The van der Waals surface area contributed by atoms with Crippen molar-refractivity contribution in [2.24, 2.45) is 0 Å². The third-order valence-electron chi connectivity index (χ3n) is 4.46. The molecule has 28 heavy (non-hydrogen) atoms. The standard InChI is InChI=1S/C22H32Br2O4/c1-3-5-7-9-11-13-27-21(25)17-15-18(20(24)16-19(17)23)22(26)28-14-12-10-8-6-4-2/h15-16H,3-14H2,1-2H3. The van der Waals surface area contributed by atoms with Crippen molar-refractivity contribution in [3.63, 3.8) is 0 Å². The molecule has 0 saturated heterocycles. The summed E-state index contributed by atoms with van der Waals surface area (Å²) in [6, 6.07) is 3.22. The van der Waals surface area contributed by atoms with Crippen LogP contribution >= 0.6 is 31.9 Å². The van der Waals surface area contributed by atoms with Crippen LogP contribution in [-0.4, -0.2) is 25.2 Å². The Kier molecular flexibility index (Phi) is 13.5. The van der Waals surface area contributed by atoms with Gasteiger partial charge in [0.25, 0.3) is 0 Å². The molecule has 0 amide bonds. The van der Waals surface area contributed by atoms with Crippen molar-refractivity contribution < 1.29 is 19.1 Å². The summed E-state index contributed by atoms with van der Waals surface area (Å²) in [5.74, 6) is -0.855. The number of halogens is 2. The minimum atomic E-state index is -0.427. The zero-order valence-corrected chi connectivity index (χ0v) is 20.2. The Labute approximate surface area is 186 Å². The highest BCUT2D eigenvalue weighted by atomic mass is 79.9. The molecule has 0 saturated carbocycles. The Bertz CT molecular complexity index is 568. The van der Waals surface area contributed by atoms with Gasteiger partial charge in [0.05, 0.1) is 24.3 Å². The normalized spacial score (nSPS) is 10.7. The van der Waals surface area contributed by atoms with Crippen LogP contribution in [0.3, 0.4) is 0 Å². The summed E-state index contributed by atoms with van der Waals surface area (Å²) in [6.45, 7) is 5.12. The summed E-state index contributed by atoms with van der Waals surface area (Å²) in [5.41, 5.74) is 0.679. The molecule has 1 aromatic rings. The average Bonchev–Trinajstić information content (AvgIpc) is 2.67. The molecule has 0 bridgehead atoms. The first kappa shape index (κ1) is 25.2. The van der Waals surface area contributed by atoms with E-state index in [1.165, 1.54) is 31.7 Å². The number of benzene rings is 1. The molecule has 0 atom stereocenters. The van der Waals surface area contributed by atoms with Crippen molar-refractivity contribution in [3.8, 4) is 0 Å². The van der Waals surface area contributed by atoms with Crippen molar-refractivity contribution in [2.75, 3.05) is 13.2 Å². The molecule has 6 heteroatoms. The molecule has 0 heterocycles. The van der Waals surface area contributed by atoms with Crippen LogP contribution in [0.1, 0.15) is 98.8 Å². The third-order valence-corrected chi connectivity index (χ3v) is 5.77. The maximum atomic E-state index is 12.4. The molecule has 1 rings (SSSR count). The number of hydrogen-bond acceptors (Lipinski definition) is 4. The number of hydrogen-bond donors (Lipinski definition) is 0. The Morgan fingerprint density at radius 3 is 1.46 bits per heavy atom. The molecule has 0 radical (unpaired) electrons. The maximum absolute atomic E-state index is 12.4. The molecule has 1 aromatic carbocycles. The van der Waals surface area contributed by atoms with Gasteiger partial charge < -0.3 is 9.47 Å². The Morgan fingerprint density at radius 1 is 0.679 bits per heavy atom. The molecule has 0 aliphatic rings. The van der Waals surface area contributed by atoms with Crippen molar-refractivity contribution in [2.45, 2.75) is 78.1 Å². The molecule has 0 aliphatic heterocycles. The van der Waals surface area contributed by atoms with Crippen molar-refractivity contribution in [1.82, 2.24) is 0 Å². The Morgan fingerprint density at radius 2 is 1.07 bits per heavy atom. The van der Waals surface area contributed by atoms with Crippen LogP contribution < -0.4 is 0 Å². The van der Waals surface area contributed by atoms with Crippen LogP contribution in [0.5, 0.6) is 0 Å². The lowest BCUT2D eigenvalue weighted by atomic mass is 10.1. The zero-order valence-electron chi connectivity index (χ0n) is 17.0. The summed E-state index contributed by atoms with van der Waals surface area (Å²) in [4.78, 5) is 24.8. The number of carbonyl (C=O) groups excluding carboxylic acids is 2. The topological polar surface area (TPSA) is 52.6 Å². The van der Waals surface area contributed by atoms with Gasteiger partial charge in [-0.25, -0.2) is 9.59 Å². The van der Waals surface area contributed by atoms with Gasteiger partial charge in [0, 0.05) is 8.95 Å². The smallest absolute Gasteiger partial charge is 0.339 e. The number of esters is 2. The first-order valence-electron chi connectivity index (χ1n) is 10.3. The average molecular weight is 520 g/mol. The third kappa shape index (κ3) is 9.55. The fourth-order valence-corrected chi connectivity index (χ4v) is 4.08. The van der Waals surface area contributed by atoms with Crippen molar-refractivity contribution in [3.05, 3.63) is 32.2 Å². The first-order chi connectivity index (χ1) is 13.5. The zero-order chi connectivity index (χ0) is 20.8. The number of ether oxygens (including phenoxy) is 2. The first-order valence-corrected chi connectivity index (χ1v) is 11.9. The second kappa shape index (κ2) is 15.0. The predicted molar refractivity (Wildman–Crippen MR) is 120 cm³/mol. The van der Waals surface area contributed by atoms with Gasteiger partial charge in [0.1, 0.15) is 0 Å². The van der Waals surface area contributed by atoms with Gasteiger partial charge in [-0.15, -0.1) is 0 Å². The molecule has 0 spiro atoms. The molecular formula is C22H32Br2O4. The molecule has 0 aliphatic carbocycles. The van der Waals surface area contributed by atoms with Crippen LogP contribution in [-0.2, 0) is 9.47 Å². The molecular weight excluding hydrogens is 488 g/mol. The maximum Gasteiger partial charge on any atom is 0.339 e. The molecule has 0 N–H and O–H groups in total. The number of carbonyl (C=O) groups is 2. The highest BCUT2D eigenvalue weighted by Crippen LogP contribution is 2.27. The van der Waals surface area contributed by atoms with E-state index in [4.69, 9.17) is 9.47 Å². The molecule has 158 valence electrons. The van der Waals surface area contributed by atoms with E-state index in [1.54, 1.807) is 6.07 Å². The highest BCUT2D eigenvalue weighted by molar-refractivity contribution is 9.11. The van der Waals surface area contributed by atoms with Crippen LogP contribution in [0, 0.1) is 0 Å². The Hall–Kier alpha value is -0.880. The van der Waals surface area contributed by atoms with Crippen molar-refractivity contribution in [1.29, 1.82) is 0 Å².